The van der Waals surface area contributed by atoms with Gasteiger partial charge in [0.05, 0.1) is 11.6 Å². The van der Waals surface area contributed by atoms with Gasteiger partial charge in [-0.25, -0.2) is 0 Å². The third-order valence-corrected chi connectivity index (χ3v) is 3.36. The van der Waals surface area contributed by atoms with Crippen molar-refractivity contribution >= 4 is 0 Å². The van der Waals surface area contributed by atoms with Crippen molar-refractivity contribution in [3.63, 3.8) is 0 Å². The Morgan fingerprint density at radius 3 is 2.81 bits per heavy atom. The molecule has 4 heteroatoms. The van der Waals surface area contributed by atoms with Crippen molar-refractivity contribution in [1.29, 1.82) is 0 Å². The van der Waals surface area contributed by atoms with Crippen LogP contribution >= 0.6 is 0 Å². The number of aromatic nitrogens is 1. The summed E-state index contributed by atoms with van der Waals surface area (Å²) in [4.78, 5) is 4.10. The van der Waals surface area contributed by atoms with Crippen molar-refractivity contribution in [2.24, 2.45) is 5.73 Å². The summed E-state index contributed by atoms with van der Waals surface area (Å²) in [6.45, 7) is 1.42. The van der Waals surface area contributed by atoms with Crippen LogP contribution in [-0.4, -0.2) is 30.9 Å². The molecule has 1 aromatic rings. The van der Waals surface area contributed by atoms with Crippen LogP contribution in [0.4, 0.5) is 0 Å². The summed E-state index contributed by atoms with van der Waals surface area (Å²) in [7, 11) is 1.72. The van der Waals surface area contributed by atoms with Gasteiger partial charge in [-0.2, -0.15) is 0 Å². The second kappa shape index (κ2) is 4.91. The van der Waals surface area contributed by atoms with E-state index in [4.69, 9.17) is 15.2 Å². The summed E-state index contributed by atoms with van der Waals surface area (Å²) in [5.41, 5.74) is 7.01. The largest absolute Gasteiger partial charge is 0.381 e. The highest BCUT2D eigenvalue weighted by atomic mass is 16.5. The van der Waals surface area contributed by atoms with Gasteiger partial charge in [0.1, 0.15) is 0 Å². The number of hydrogen-bond donors (Lipinski definition) is 1. The molecule has 0 amide bonds. The normalized spacial score (nSPS) is 21.6. The van der Waals surface area contributed by atoms with Crippen LogP contribution in [0.15, 0.2) is 24.5 Å². The fraction of sp³-hybridized carbons (Fsp3) is 0.583. The third kappa shape index (κ3) is 2.09. The minimum Gasteiger partial charge on any atom is -0.381 e. The molecule has 1 fully saturated rings. The maximum Gasteiger partial charge on any atom is 0.0914 e. The lowest BCUT2D eigenvalue weighted by Gasteiger charge is -2.40. The van der Waals surface area contributed by atoms with Gasteiger partial charge in [0.2, 0.25) is 0 Å². The summed E-state index contributed by atoms with van der Waals surface area (Å²) in [6.07, 6.45) is 5.22. The second-order valence-corrected chi connectivity index (χ2v) is 4.15. The molecule has 2 rings (SSSR count). The summed E-state index contributed by atoms with van der Waals surface area (Å²) in [6, 6.07) is 3.75. The monoisotopic (exact) mass is 222 g/mol. The van der Waals surface area contributed by atoms with Gasteiger partial charge in [0, 0.05) is 45.6 Å². The van der Waals surface area contributed by atoms with Gasteiger partial charge in [-0.3, -0.25) is 4.98 Å². The first kappa shape index (κ1) is 11.5. The summed E-state index contributed by atoms with van der Waals surface area (Å²) < 4.78 is 11.0. The highest BCUT2D eigenvalue weighted by Gasteiger charge is 2.39. The SMILES string of the molecule is COC1(C(N)c2cccnc2)CCOCC1. The van der Waals surface area contributed by atoms with E-state index in [-0.39, 0.29) is 11.6 Å². The molecule has 0 saturated carbocycles. The van der Waals surface area contributed by atoms with Crippen molar-refractivity contribution < 1.29 is 9.47 Å². The Morgan fingerprint density at radius 1 is 1.50 bits per heavy atom. The number of ether oxygens (including phenoxy) is 2. The van der Waals surface area contributed by atoms with Crippen molar-refractivity contribution in [2.45, 2.75) is 24.5 Å². The molecule has 0 spiro atoms. The molecule has 88 valence electrons. The Morgan fingerprint density at radius 2 is 2.25 bits per heavy atom. The zero-order valence-electron chi connectivity index (χ0n) is 9.56. The molecule has 1 saturated heterocycles. The summed E-state index contributed by atoms with van der Waals surface area (Å²) in [5, 5.41) is 0. The van der Waals surface area contributed by atoms with E-state index >= 15 is 0 Å². The highest BCUT2D eigenvalue weighted by molar-refractivity contribution is 5.18. The number of hydrogen-bond acceptors (Lipinski definition) is 4. The lowest BCUT2D eigenvalue weighted by molar-refractivity contribution is -0.105. The van der Waals surface area contributed by atoms with Gasteiger partial charge in [0.15, 0.2) is 0 Å². The highest BCUT2D eigenvalue weighted by Crippen LogP contribution is 2.35. The number of nitrogens with two attached hydrogens (primary N) is 1. The van der Waals surface area contributed by atoms with E-state index in [1.54, 1.807) is 19.5 Å². The number of pyridine rings is 1. The first-order chi connectivity index (χ1) is 7.78. The number of nitrogens with zero attached hydrogens (tertiary/aromatic N) is 1. The fourth-order valence-corrected chi connectivity index (χ4v) is 2.22. The molecule has 1 aromatic heterocycles. The van der Waals surface area contributed by atoms with Gasteiger partial charge in [-0.05, 0) is 11.6 Å². The number of methoxy groups -OCH3 is 1. The van der Waals surface area contributed by atoms with Gasteiger partial charge in [0.25, 0.3) is 0 Å². The molecule has 0 radical (unpaired) electrons. The van der Waals surface area contributed by atoms with E-state index < -0.39 is 0 Å². The topological polar surface area (TPSA) is 57.4 Å². The quantitative estimate of drug-likeness (QED) is 0.837. The first-order valence-electron chi connectivity index (χ1n) is 5.57. The molecule has 4 nitrogen and oxygen atoms in total. The van der Waals surface area contributed by atoms with Gasteiger partial charge < -0.3 is 15.2 Å². The molecule has 1 aliphatic heterocycles. The van der Waals surface area contributed by atoms with Crippen LogP contribution in [0.3, 0.4) is 0 Å². The van der Waals surface area contributed by atoms with Crippen LogP contribution in [0, 0.1) is 0 Å². The van der Waals surface area contributed by atoms with Crippen molar-refractivity contribution in [1.82, 2.24) is 4.98 Å². The Labute approximate surface area is 95.8 Å². The van der Waals surface area contributed by atoms with Crippen molar-refractivity contribution in [3.8, 4) is 0 Å². The van der Waals surface area contributed by atoms with E-state index in [1.807, 2.05) is 12.1 Å². The molecular formula is C12H18N2O2. The lowest BCUT2D eigenvalue weighted by Crippen LogP contribution is -2.47. The van der Waals surface area contributed by atoms with Crippen molar-refractivity contribution in [3.05, 3.63) is 30.1 Å². The van der Waals surface area contributed by atoms with E-state index in [0.29, 0.717) is 13.2 Å². The van der Waals surface area contributed by atoms with E-state index in [2.05, 4.69) is 4.98 Å². The van der Waals surface area contributed by atoms with Crippen molar-refractivity contribution in [2.75, 3.05) is 20.3 Å². The van der Waals surface area contributed by atoms with Crippen LogP contribution in [0.5, 0.6) is 0 Å². The third-order valence-electron chi connectivity index (χ3n) is 3.36. The lowest BCUT2D eigenvalue weighted by atomic mass is 9.83. The van der Waals surface area contributed by atoms with Crippen LogP contribution in [0.1, 0.15) is 24.4 Å². The van der Waals surface area contributed by atoms with Crippen LogP contribution < -0.4 is 5.73 Å². The van der Waals surface area contributed by atoms with Crippen LogP contribution in [0.2, 0.25) is 0 Å². The zero-order chi connectivity index (χ0) is 11.4. The average Bonchev–Trinajstić information content (AvgIpc) is 2.39. The van der Waals surface area contributed by atoms with Gasteiger partial charge >= 0.3 is 0 Å². The molecular weight excluding hydrogens is 204 g/mol. The number of rotatable bonds is 3. The standard InChI is InChI=1S/C12H18N2O2/c1-15-12(4-7-16-8-5-12)11(13)10-3-2-6-14-9-10/h2-3,6,9,11H,4-5,7-8,13H2,1H3. The molecule has 1 unspecified atom stereocenters. The summed E-state index contributed by atoms with van der Waals surface area (Å²) in [5.74, 6) is 0. The molecule has 1 aliphatic rings. The predicted octanol–water partition coefficient (Wildman–Crippen LogP) is 1.28. The molecule has 0 bridgehead atoms. The second-order valence-electron chi connectivity index (χ2n) is 4.15. The molecule has 0 aliphatic carbocycles. The smallest absolute Gasteiger partial charge is 0.0914 e. The van der Waals surface area contributed by atoms with Crippen LogP contribution in [0.25, 0.3) is 0 Å². The maximum absolute atomic E-state index is 6.29. The summed E-state index contributed by atoms with van der Waals surface area (Å²) >= 11 is 0. The fourth-order valence-electron chi connectivity index (χ4n) is 2.22. The van der Waals surface area contributed by atoms with E-state index in [9.17, 15) is 0 Å². The average molecular weight is 222 g/mol. The van der Waals surface area contributed by atoms with E-state index in [0.717, 1.165) is 18.4 Å². The minimum atomic E-state index is -0.304. The van der Waals surface area contributed by atoms with Gasteiger partial charge in [-0.1, -0.05) is 6.07 Å². The predicted molar refractivity (Wildman–Crippen MR) is 61.0 cm³/mol. The van der Waals surface area contributed by atoms with Crippen LogP contribution in [-0.2, 0) is 9.47 Å². The Kier molecular flexibility index (Phi) is 3.53. The molecule has 2 heterocycles. The Balaban J connectivity index is 2.20. The molecule has 2 N–H and O–H groups in total. The first-order valence-corrected chi connectivity index (χ1v) is 5.57. The van der Waals surface area contributed by atoms with Gasteiger partial charge in [-0.15, -0.1) is 0 Å². The molecule has 0 aromatic carbocycles. The van der Waals surface area contributed by atoms with E-state index in [1.165, 1.54) is 0 Å². The molecule has 16 heavy (non-hydrogen) atoms. The zero-order valence-corrected chi connectivity index (χ0v) is 9.56. The maximum atomic E-state index is 6.29. The Bertz CT molecular complexity index is 323. The Hall–Kier alpha value is -0.970. The minimum absolute atomic E-state index is 0.143. The molecule has 1 atom stereocenters.